The number of hydrogen-bond acceptors (Lipinski definition) is 5. The van der Waals surface area contributed by atoms with Crippen LogP contribution in [0, 0.1) is 5.21 Å². The van der Waals surface area contributed by atoms with Crippen molar-refractivity contribution >= 4 is 17.7 Å². The third kappa shape index (κ3) is 3.91. The Bertz CT molecular complexity index is 738. The lowest BCUT2D eigenvalue weighted by Gasteiger charge is -2.21. The van der Waals surface area contributed by atoms with Gasteiger partial charge < -0.3 is 20.0 Å². The first-order valence-electron chi connectivity index (χ1n) is 7.63. The molecule has 126 valence electrons. The summed E-state index contributed by atoms with van der Waals surface area (Å²) in [5, 5.41) is 15.0. The molecule has 6 nitrogen and oxygen atoms in total. The van der Waals surface area contributed by atoms with Gasteiger partial charge in [-0.3, -0.25) is 4.79 Å². The second-order valence-electron chi connectivity index (χ2n) is 5.35. The molecule has 2 aromatic rings. The van der Waals surface area contributed by atoms with Crippen molar-refractivity contribution in [2.24, 2.45) is 0 Å². The van der Waals surface area contributed by atoms with E-state index in [0.29, 0.717) is 24.0 Å². The fraction of sp³-hybridized carbons (Fsp3) is 0.294. The summed E-state index contributed by atoms with van der Waals surface area (Å²) in [5.41, 5.74) is 0.941. The first-order valence-corrected chi connectivity index (χ1v) is 8.62. The van der Waals surface area contributed by atoms with Crippen LogP contribution in [0.25, 0.3) is 0 Å². The van der Waals surface area contributed by atoms with Crippen molar-refractivity contribution in [1.29, 1.82) is 0 Å². The molecule has 0 aliphatic carbocycles. The van der Waals surface area contributed by atoms with Crippen LogP contribution in [0.3, 0.4) is 0 Å². The highest BCUT2D eigenvalue weighted by Gasteiger charge is 2.16. The number of amides is 1. The molecule has 0 saturated heterocycles. The van der Waals surface area contributed by atoms with E-state index in [1.165, 1.54) is 18.0 Å². The Morgan fingerprint density at radius 1 is 1.29 bits per heavy atom. The lowest BCUT2D eigenvalue weighted by molar-refractivity contribution is -0.645. The highest BCUT2D eigenvalue weighted by atomic mass is 32.2. The molecule has 3 rings (SSSR count). The number of carbonyl (C=O) groups is 1. The van der Waals surface area contributed by atoms with E-state index in [1.807, 2.05) is 25.1 Å². The molecule has 24 heavy (non-hydrogen) atoms. The number of aromatic nitrogens is 1. The second kappa shape index (κ2) is 7.44. The lowest BCUT2D eigenvalue weighted by atomic mass is 10.1. The van der Waals surface area contributed by atoms with Gasteiger partial charge in [0.15, 0.2) is 17.7 Å². The van der Waals surface area contributed by atoms with Gasteiger partial charge in [0.25, 0.3) is 5.03 Å². The van der Waals surface area contributed by atoms with Crippen LogP contribution in [-0.2, 0) is 4.79 Å². The van der Waals surface area contributed by atoms with Gasteiger partial charge in [-0.05, 0) is 42.4 Å². The van der Waals surface area contributed by atoms with Crippen LogP contribution in [0.4, 0.5) is 0 Å². The number of benzene rings is 1. The quantitative estimate of drug-likeness (QED) is 0.510. The Hall–Kier alpha value is -2.41. The lowest BCUT2D eigenvalue weighted by Crippen LogP contribution is -2.31. The van der Waals surface area contributed by atoms with Gasteiger partial charge in [0.05, 0.1) is 11.8 Å². The number of pyridine rings is 1. The number of nitrogens with zero attached hydrogens (tertiary/aromatic N) is 1. The zero-order valence-electron chi connectivity index (χ0n) is 13.2. The van der Waals surface area contributed by atoms with Crippen LogP contribution >= 0.6 is 11.8 Å². The molecule has 0 saturated carbocycles. The van der Waals surface area contributed by atoms with E-state index in [-0.39, 0.29) is 17.7 Å². The topological polar surface area (TPSA) is 74.5 Å². The van der Waals surface area contributed by atoms with Gasteiger partial charge in [0.1, 0.15) is 13.2 Å². The van der Waals surface area contributed by atoms with E-state index < -0.39 is 0 Å². The zero-order chi connectivity index (χ0) is 16.9. The molecule has 2 heterocycles. The minimum absolute atomic E-state index is 0.133. The van der Waals surface area contributed by atoms with Gasteiger partial charge in [-0.25, -0.2) is 0 Å². The number of fused-ring (bicyclic) bond motifs is 1. The van der Waals surface area contributed by atoms with Gasteiger partial charge in [-0.1, -0.05) is 6.07 Å². The summed E-state index contributed by atoms with van der Waals surface area (Å²) in [4.78, 5) is 12.1. The molecule has 1 amide bonds. The Morgan fingerprint density at radius 3 is 2.88 bits per heavy atom. The highest BCUT2D eigenvalue weighted by molar-refractivity contribution is 7.99. The number of nitrogens with one attached hydrogen (secondary N) is 1. The van der Waals surface area contributed by atoms with Crippen LogP contribution in [0.15, 0.2) is 47.6 Å². The van der Waals surface area contributed by atoms with Gasteiger partial charge >= 0.3 is 0 Å². The molecule has 1 aromatic carbocycles. The molecule has 1 aromatic heterocycles. The van der Waals surface area contributed by atoms with E-state index >= 15 is 0 Å². The Kier molecular flexibility index (Phi) is 5.10. The maximum atomic E-state index is 12.1. The third-order valence-corrected chi connectivity index (χ3v) is 4.60. The van der Waals surface area contributed by atoms with Crippen LogP contribution in [-0.4, -0.2) is 24.9 Å². The normalized spacial score (nSPS) is 14.0. The van der Waals surface area contributed by atoms with Crippen molar-refractivity contribution in [3.8, 4) is 11.5 Å². The number of thioether (sulfide) groups is 1. The predicted octanol–water partition coefficient (Wildman–Crippen LogP) is 2.06. The second-order valence-corrected chi connectivity index (χ2v) is 6.34. The third-order valence-electron chi connectivity index (χ3n) is 3.58. The number of rotatable bonds is 5. The smallest absolute Gasteiger partial charge is 0.251 e. The average Bonchev–Trinajstić information content (AvgIpc) is 2.60. The maximum Gasteiger partial charge on any atom is 0.251 e. The average molecular weight is 346 g/mol. The van der Waals surface area contributed by atoms with E-state index in [0.717, 1.165) is 16.0 Å². The molecule has 1 aliphatic heterocycles. The van der Waals surface area contributed by atoms with Gasteiger partial charge in [-0.15, -0.1) is 0 Å². The summed E-state index contributed by atoms with van der Waals surface area (Å²) in [5.74, 6) is 1.47. The van der Waals surface area contributed by atoms with Crippen molar-refractivity contribution in [2.75, 3.05) is 19.0 Å². The molecule has 0 unspecified atom stereocenters. The molecular formula is C17H18N2O4S. The van der Waals surface area contributed by atoms with E-state index in [4.69, 9.17) is 9.47 Å². The fourth-order valence-electron chi connectivity index (χ4n) is 2.36. The summed E-state index contributed by atoms with van der Waals surface area (Å²) in [6.07, 6.45) is 1.41. The predicted molar refractivity (Wildman–Crippen MR) is 90.1 cm³/mol. The highest BCUT2D eigenvalue weighted by Crippen LogP contribution is 2.32. The molecule has 1 aliphatic rings. The van der Waals surface area contributed by atoms with Crippen LogP contribution in [0.5, 0.6) is 11.5 Å². The molecule has 0 fully saturated rings. The van der Waals surface area contributed by atoms with Gasteiger partial charge in [0, 0.05) is 12.1 Å². The van der Waals surface area contributed by atoms with E-state index in [1.54, 1.807) is 18.2 Å². The Balaban J connectivity index is 1.57. The minimum atomic E-state index is -0.163. The van der Waals surface area contributed by atoms with Crippen molar-refractivity contribution < 1.29 is 19.0 Å². The molecule has 1 atom stereocenters. The van der Waals surface area contributed by atoms with Gasteiger partial charge in [0.2, 0.25) is 5.91 Å². The summed E-state index contributed by atoms with van der Waals surface area (Å²) in [6, 6.07) is 10.6. The molecule has 0 radical (unpaired) electrons. The van der Waals surface area contributed by atoms with E-state index in [9.17, 15) is 10.0 Å². The van der Waals surface area contributed by atoms with Crippen molar-refractivity contribution in [3.05, 3.63) is 53.4 Å². The largest absolute Gasteiger partial charge is 0.618 e. The molecule has 1 N–H and O–H groups in total. The summed E-state index contributed by atoms with van der Waals surface area (Å²) < 4.78 is 11.8. The maximum absolute atomic E-state index is 12.1. The monoisotopic (exact) mass is 346 g/mol. The molecule has 0 bridgehead atoms. The summed E-state index contributed by atoms with van der Waals surface area (Å²) in [7, 11) is 0. The fourth-order valence-corrected chi connectivity index (χ4v) is 3.08. The molecule has 0 spiro atoms. The van der Waals surface area contributed by atoms with Crippen LogP contribution in [0.1, 0.15) is 18.5 Å². The standard InChI is InChI=1S/C17H18N2O4S/c1-12(13-5-6-14-15(10-13)23-9-8-22-14)18-16(20)11-24-17-4-2-3-7-19(17)21/h2-7,10,12H,8-9,11H2,1H3,(H,18,20)/t12-/m1/s1. The number of ether oxygens (including phenoxy) is 2. The summed E-state index contributed by atoms with van der Waals surface area (Å²) >= 11 is 1.21. The molecular weight excluding hydrogens is 328 g/mol. The van der Waals surface area contributed by atoms with Crippen molar-refractivity contribution in [3.63, 3.8) is 0 Å². The first-order chi connectivity index (χ1) is 11.6. The zero-order valence-corrected chi connectivity index (χ0v) is 14.0. The molecule has 7 heteroatoms. The Labute approximate surface area is 144 Å². The van der Waals surface area contributed by atoms with E-state index in [2.05, 4.69) is 5.32 Å². The summed E-state index contributed by atoms with van der Waals surface area (Å²) in [6.45, 7) is 2.99. The van der Waals surface area contributed by atoms with Crippen LogP contribution in [0.2, 0.25) is 0 Å². The van der Waals surface area contributed by atoms with Crippen molar-refractivity contribution in [2.45, 2.75) is 18.0 Å². The first kappa shape index (κ1) is 16.4. The number of carbonyl (C=O) groups excluding carboxylic acids is 1. The SMILES string of the molecule is C[C@@H](NC(=O)CSc1cccc[n+]1[O-])c1ccc2c(c1)OCCO2. The van der Waals surface area contributed by atoms with Gasteiger partial charge in [-0.2, -0.15) is 4.73 Å². The number of hydrogen-bond donors (Lipinski definition) is 1. The van der Waals surface area contributed by atoms with Crippen molar-refractivity contribution in [1.82, 2.24) is 5.32 Å². The van der Waals surface area contributed by atoms with Crippen LogP contribution < -0.4 is 19.5 Å². The Morgan fingerprint density at radius 2 is 2.08 bits per heavy atom. The minimum Gasteiger partial charge on any atom is -0.618 e.